The number of likely N-dealkylation sites (tertiary alicyclic amines) is 2. The Morgan fingerprint density at radius 1 is 0.688 bits per heavy atom. The van der Waals surface area contributed by atoms with Crippen molar-refractivity contribution in [3.63, 3.8) is 0 Å². The monoisotopic (exact) mass is 1350 g/mol. The van der Waals surface area contributed by atoms with E-state index in [2.05, 4.69) is 42.2 Å². The molecule has 0 spiro atoms. The number of carbonyl (C=O) groups excluding carboxylic acids is 12. The minimum absolute atomic E-state index is 0.0705. The Balaban J connectivity index is 1.27. The van der Waals surface area contributed by atoms with Gasteiger partial charge < -0.3 is 85.7 Å². The van der Waals surface area contributed by atoms with Crippen molar-refractivity contribution in [3.8, 4) is 5.75 Å². The van der Waals surface area contributed by atoms with Gasteiger partial charge in [0, 0.05) is 56.9 Å². The summed E-state index contributed by atoms with van der Waals surface area (Å²) in [6.07, 6.45) is 3.82. The second-order valence-corrected chi connectivity index (χ2v) is 27.5. The highest BCUT2D eigenvalue weighted by Crippen LogP contribution is 2.28. The van der Waals surface area contributed by atoms with E-state index in [1.165, 1.54) is 38.6 Å². The molecule has 4 aliphatic heterocycles. The van der Waals surface area contributed by atoms with Gasteiger partial charge in [0.05, 0.1) is 6.04 Å². The summed E-state index contributed by atoms with van der Waals surface area (Å²) >= 11 is 1.47. The smallest absolute Gasteiger partial charge is 0.246 e. The molecule has 93 heavy (non-hydrogen) atoms. The number of nitrogens with two attached hydrogens (primary N) is 5. The van der Waals surface area contributed by atoms with Crippen LogP contribution in [0.1, 0.15) is 102 Å². The fourth-order valence-corrected chi connectivity index (χ4v) is 14.3. The van der Waals surface area contributed by atoms with Crippen LogP contribution in [0.2, 0.25) is 0 Å². The Bertz CT molecular complexity index is 3000. The van der Waals surface area contributed by atoms with Crippen LogP contribution in [0.25, 0.3) is 0 Å². The van der Waals surface area contributed by atoms with E-state index in [0.717, 1.165) is 21.6 Å². The first-order valence-electron chi connectivity index (χ1n) is 31.3. The number of fused-ring (bicyclic) bond motifs is 1. The van der Waals surface area contributed by atoms with Gasteiger partial charge in [-0.05, 0) is 112 Å². The predicted octanol–water partition coefficient (Wildman–Crippen LogP) is -2.13. The van der Waals surface area contributed by atoms with Crippen LogP contribution < -0.4 is 65.9 Å². The number of amides is 12. The third-order valence-corrected chi connectivity index (χ3v) is 19.5. The van der Waals surface area contributed by atoms with Crippen molar-refractivity contribution in [2.45, 2.75) is 170 Å². The van der Waals surface area contributed by atoms with E-state index in [-0.39, 0.29) is 120 Å². The summed E-state index contributed by atoms with van der Waals surface area (Å²) in [5.74, 6) is -8.65. The molecule has 4 saturated heterocycles. The zero-order valence-electron chi connectivity index (χ0n) is 52.7. The fraction of sp³-hybridized carbons (Fsp3) is 0.590. The van der Waals surface area contributed by atoms with Crippen LogP contribution in [0.5, 0.6) is 5.75 Å². The molecule has 4 fully saturated rings. The molecular weight excluding hydrogens is 1260 g/mol. The lowest BCUT2D eigenvalue weighted by atomic mass is 10.0. The number of hydrogen-bond acceptors (Lipinski definition) is 18. The minimum Gasteiger partial charge on any atom is -0.508 e. The summed E-state index contributed by atoms with van der Waals surface area (Å²) in [4.78, 5) is 177. The average Bonchev–Trinajstić information content (AvgIpc) is 1.78. The number of aromatic hydroxyl groups is 1. The molecule has 32 heteroatoms. The van der Waals surface area contributed by atoms with E-state index in [1.807, 2.05) is 20.1 Å². The molecule has 4 aliphatic rings. The lowest BCUT2D eigenvalue weighted by Gasteiger charge is -2.32. The molecule has 12 amide bonds. The number of nitrogens with zero attached hydrogens (tertiary/aromatic N) is 4. The average molecular weight is 1350 g/mol. The molecule has 0 bridgehead atoms. The highest BCUT2D eigenvalue weighted by Gasteiger charge is 2.44. The van der Waals surface area contributed by atoms with Crippen LogP contribution in [0, 0.1) is 5.92 Å². The van der Waals surface area contributed by atoms with Gasteiger partial charge in [-0.3, -0.25) is 62.5 Å². The molecule has 4 heterocycles. The molecule has 6 rings (SSSR count). The van der Waals surface area contributed by atoms with Crippen molar-refractivity contribution < 1.29 is 62.6 Å². The number of benzene rings is 2. The van der Waals surface area contributed by atoms with Crippen LogP contribution in [0.4, 0.5) is 0 Å². The Kier molecular flexibility index (Phi) is 29.2. The maximum absolute atomic E-state index is 15.1. The lowest BCUT2D eigenvalue weighted by Crippen LogP contribution is -2.61. The number of nitrogens with one attached hydrogen (secondary N) is 7. The van der Waals surface area contributed by atoms with Gasteiger partial charge in [-0.2, -0.15) is 11.8 Å². The number of rotatable bonds is 29. The predicted molar refractivity (Wildman–Crippen MR) is 353 cm³/mol. The van der Waals surface area contributed by atoms with Crippen molar-refractivity contribution in [1.82, 2.24) is 51.9 Å². The SMILES string of the molecule is CSCC[C@H](NC(=O)[C@H](CC(C)C)NC(=O)[C@@H]1CCCN1C(=O)[C@H](Cc1ccc(O)cc1)NC(=O)[C@H](Cc1ccccc1)NC(=O)[C@@H]1CSSC[C@H](NC(=O)[C@@H]2CCCN2C(=O)[C@@H](N)CCCN=C(N)N)C(=O)N2CCC[C@H]2C(=O)N[C@@H](CCC(N)=O)C(=O)N1)C(N)=O. The summed E-state index contributed by atoms with van der Waals surface area (Å²) in [7, 11) is 2.12. The van der Waals surface area contributed by atoms with E-state index in [0.29, 0.717) is 42.6 Å². The van der Waals surface area contributed by atoms with Gasteiger partial charge in [0.15, 0.2) is 5.96 Å². The summed E-state index contributed by atoms with van der Waals surface area (Å²) in [5.41, 5.74) is 29.4. The zero-order chi connectivity index (χ0) is 67.9. The summed E-state index contributed by atoms with van der Waals surface area (Å²) in [6, 6.07) is 1.15. The first-order chi connectivity index (χ1) is 44.3. The number of phenolic OH excluding ortho intramolecular Hbond substituents is 1. The number of aliphatic imine (C=N–C) groups is 1. The molecule has 510 valence electrons. The summed E-state index contributed by atoms with van der Waals surface area (Å²) in [5, 5.41) is 29.5. The van der Waals surface area contributed by atoms with Crippen molar-refractivity contribution in [3.05, 3.63) is 65.7 Å². The van der Waals surface area contributed by atoms with Gasteiger partial charge >= 0.3 is 0 Å². The maximum Gasteiger partial charge on any atom is 0.246 e. The number of guanidine groups is 1. The molecule has 0 aromatic heterocycles. The number of phenols is 1. The highest BCUT2D eigenvalue weighted by atomic mass is 33.1. The number of carbonyl (C=O) groups is 12. The van der Waals surface area contributed by atoms with Crippen LogP contribution in [0.3, 0.4) is 0 Å². The van der Waals surface area contributed by atoms with Gasteiger partial charge in [-0.1, -0.05) is 77.9 Å². The van der Waals surface area contributed by atoms with Crippen LogP contribution >= 0.6 is 33.3 Å². The van der Waals surface area contributed by atoms with Crippen molar-refractivity contribution >= 4 is 110 Å². The standard InChI is InChI=1S/C61H90N16O13S3/c1-34(2)29-41(52(82)68-39(50(64)80)23-28-91-3)71-56(86)48-16-9-26-76(48)59(89)43(31-36-17-19-37(78)20-18-36)72-53(83)42(30-35-11-5-4-6-12-35)70-54(84)44-32-92-93-33-45(74-57(87)46-14-8-25-75(46)58(88)38(62)13-7-24-67-61(65)66)60(90)77-27-10-15-47(77)55(85)69-40(51(81)73-44)21-22-49(63)79/h4-6,11-12,17-20,34,38-48,78H,7-10,13-16,21-33,62H2,1-3H3,(H2,63,79)(H2,64,80)(H,68,82)(H,69,85)(H,70,84)(H,71,86)(H,72,83)(H,73,81)(H,74,87)(H4,65,66,67)/t38-,39-,40-,41-,42-,43-,44-,45-,46-,47-,48-/m0/s1. The largest absolute Gasteiger partial charge is 0.508 e. The quantitative estimate of drug-likeness (QED) is 0.0179. The normalized spacial score (nSPS) is 21.9. The second-order valence-electron chi connectivity index (χ2n) is 24.0. The first kappa shape index (κ1) is 74.2. The Labute approximate surface area is 553 Å². The maximum atomic E-state index is 15.1. The van der Waals surface area contributed by atoms with Crippen LogP contribution in [-0.4, -0.2) is 213 Å². The lowest BCUT2D eigenvalue weighted by molar-refractivity contribution is -0.143. The molecule has 2 aromatic carbocycles. The molecule has 0 radical (unpaired) electrons. The van der Waals surface area contributed by atoms with E-state index < -0.39 is 137 Å². The zero-order valence-corrected chi connectivity index (χ0v) is 55.2. The van der Waals surface area contributed by atoms with Crippen molar-refractivity contribution in [1.29, 1.82) is 0 Å². The molecule has 0 aliphatic carbocycles. The summed E-state index contributed by atoms with van der Waals surface area (Å²) < 4.78 is 0. The number of thioether (sulfide) groups is 1. The van der Waals surface area contributed by atoms with Gasteiger partial charge in [0.2, 0.25) is 70.9 Å². The van der Waals surface area contributed by atoms with E-state index in [1.54, 1.807) is 42.5 Å². The second kappa shape index (κ2) is 36.6. The minimum atomic E-state index is -1.50. The van der Waals surface area contributed by atoms with Crippen LogP contribution in [-0.2, 0) is 70.4 Å². The molecule has 0 saturated carbocycles. The molecule has 11 atom stereocenters. The number of primary amides is 2. The number of hydrogen-bond donors (Lipinski definition) is 13. The fourth-order valence-electron chi connectivity index (χ4n) is 11.6. The molecule has 2 aromatic rings. The van der Waals surface area contributed by atoms with Gasteiger partial charge in [-0.25, -0.2) is 0 Å². The Hall–Kier alpha value is -7.84. The third kappa shape index (κ3) is 22.4. The highest BCUT2D eigenvalue weighted by molar-refractivity contribution is 8.76. The van der Waals surface area contributed by atoms with Crippen molar-refractivity contribution in [2.24, 2.45) is 39.6 Å². The Morgan fingerprint density at radius 2 is 1.29 bits per heavy atom. The van der Waals surface area contributed by atoms with Gasteiger partial charge in [-0.15, -0.1) is 0 Å². The Morgan fingerprint density at radius 3 is 1.94 bits per heavy atom. The van der Waals surface area contributed by atoms with Gasteiger partial charge in [0.1, 0.15) is 66.2 Å². The molecular formula is C61H90N16O13S3. The molecule has 29 nitrogen and oxygen atoms in total. The van der Waals surface area contributed by atoms with Gasteiger partial charge in [0.25, 0.3) is 0 Å². The summed E-state index contributed by atoms with van der Waals surface area (Å²) in [6.45, 7) is 4.40. The third-order valence-electron chi connectivity index (χ3n) is 16.4. The molecule has 18 N–H and O–H groups in total. The molecule has 0 unspecified atom stereocenters. The van der Waals surface area contributed by atoms with E-state index in [4.69, 9.17) is 28.7 Å². The van der Waals surface area contributed by atoms with Crippen LogP contribution in [0.15, 0.2) is 59.6 Å². The first-order valence-corrected chi connectivity index (χ1v) is 35.2. The van der Waals surface area contributed by atoms with E-state index in [9.17, 15) is 53.1 Å². The topological polar surface area (TPSA) is 461 Å². The van der Waals surface area contributed by atoms with Crippen molar-refractivity contribution in [2.75, 3.05) is 49.7 Å². The van der Waals surface area contributed by atoms with E-state index >= 15 is 9.59 Å².